The van der Waals surface area contributed by atoms with Gasteiger partial charge in [0.1, 0.15) is 5.15 Å². The first kappa shape index (κ1) is 10.5. The van der Waals surface area contributed by atoms with Crippen LogP contribution in [-0.4, -0.2) is 31.1 Å². The minimum absolute atomic E-state index is 0.118. The third-order valence-electron chi connectivity index (χ3n) is 1.74. The molecule has 0 aromatic carbocycles. The van der Waals surface area contributed by atoms with Gasteiger partial charge in [-0.25, -0.2) is 4.98 Å². The predicted molar refractivity (Wildman–Crippen MR) is 56.0 cm³/mol. The molecule has 0 saturated heterocycles. The maximum Gasteiger partial charge on any atom is 0.270 e. The Labute approximate surface area is 95.4 Å². The second-order valence-corrected chi connectivity index (χ2v) is 3.26. The van der Waals surface area contributed by atoms with Crippen molar-refractivity contribution in [3.05, 3.63) is 29.0 Å². The maximum atomic E-state index is 11.7. The number of amides is 1. The number of aromatic nitrogens is 5. The Morgan fingerprint density at radius 3 is 3.00 bits per heavy atom. The molecule has 0 fully saturated rings. The van der Waals surface area contributed by atoms with Crippen LogP contribution in [0.2, 0.25) is 5.15 Å². The Bertz CT molecular complexity index is 525. The van der Waals surface area contributed by atoms with Crippen LogP contribution >= 0.6 is 11.6 Å². The predicted octanol–water partition coefficient (Wildman–Crippen LogP) is 0.511. The van der Waals surface area contributed by atoms with Crippen LogP contribution in [-0.2, 0) is 7.05 Å². The smallest absolute Gasteiger partial charge is 0.270 e. The van der Waals surface area contributed by atoms with Gasteiger partial charge in [0, 0.05) is 6.20 Å². The van der Waals surface area contributed by atoms with E-state index in [1.807, 2.05) is 0 Å². The number of tetrazole rings is 1. The Balaban J connectivity index is 2.18. The zero-order valence-electron chi connectivity index (χ0n) is 8.25. The zero-order valence-corrected chi connectivity index (χ0v) is 9.01. The summed E-state index contributed by atoms with van der Waals surface area (Å²) >= 11 is 5.76. The highest BCUT2D eigenvalue weighted by molar-refractivity contribution is 6.33. The summed E-state index contributed by atoms with van der Waals surface area (Å²) < 4.78 is 0. The fraction of sp³-hybridized carbons (Fsp3) is 0.125. The van der Waals surface area contributed by atoms with Crippen LogP contribution in [0.4, 0.5) is 5.95 Å². The first-order valence-corrected chi connectivity index (χ1v) is 4.70. The highest BCUT2D eigenvalue weighted by Crippen LogP contribution is 2.12. The Hall–Kier alpha value is -2.02. The molecule has 0 unspecified atom stereocenters. The molecular formula is C8H7ClN6O. The maximum absolute atomic E-state index is 11.7. The van der Waals surface area contributed by atoms with E-state index in [0.717, 1.165) is 0 Å². The van der Waals surface area contributed by atoms with E-state index in [1.165, 1.54) is 11.0 Å². The largest absolute Gasteiger partial charge is 0.288 e. The molecule has 1 N–H and O–H groups in total. The molecule has 0 bridgehead atoms. The summed E-state index contributed by atoms with van der Waals surface area (Å²) in [5.74, 6) is -0.307. The molecule has 16 heavy (non-hydrogen) atoms. The lowest BCUT2D eigenvalue weighted by Gasteiger charge is -2.01. The topological polar surface area (TPSA) is 85.6 Å². The van der Waals surface area contributed by atoms with Crippen molar-refractivity contribution in [3.63, 3.8) is 0 Å². The van der Waals surface area contributed by atoms with Gasteiger partial charge in [0.15, 0.2) is 0 Å². The van der Waals surface area contributed by atoms with Gasteiger partial charge in [0.25, 0.3) is 11.9 Å². The van der Waals surface area contributed by atoms with Crippen LogP contribution in [0.15, 0.2) is 18.3 Å². The van der Waals surface area contributed by atoms with Gasteiger partial charge in [-0.15, -0.1) is 5.10 Å². The molecule has 8 heteroatoms. The minimum Gasteiger partial charge on any atom is -0.288 e. The summed E-state index contributed by atoms with van der Waals surface area (Å²) in [6, 6.07) is 3.17. The second-order valence-electron chi connectivity index (χ2n) is 2.90. The Morgan fingerprint density at radius 2 is 2.38 bits per heavy atom. The first-order chi connectivity index (χ1) is 7.66. The van der Waals surface area contributed by atoms with Crippen molar-refractivity contribution in [1.82, 2.24) is 25.2 Å². The van der Waals surface area contributed by atoms with E-state index >= 15 is 0 Å². The molecule has 2 aromatic rings. The van der Waals surface area contributed by atoms with E-state index in [-0.39, 0.29) is 16.7 Å². The van der Waals surface area contributed by atoms with Gasteiger partial charge in [-0.2, -0.15) is 4.80 Å². The van der Waals surface area contributed by atoms with Crippen molar-refractivity contribution >= 4 is 23.5 Å². The van der Waals surface area contributed by atoms with Crippen LogP contribution in [0.5, 0.6) is 0 Å². The van der Waals surface area contributed by atoms with E-state index in [9.17, 15) is 4.79 Å². The van der Waals surface area contributed by atoms with Crippen molar-refractivity contribution in [2.75, 3.05) is 5.32 Å². The van der Waals surface area contributed by atoms with Crippen LogP contribution in [0.1, 0.15) is 10.4 Å². The highest BCUT2D eigenvalue weighted by atomic mass is 35.5. The normalized spacial score (nSPS) is 10.1. The summed E-state index contributed by atoms with van der Waals surface area (Å²) in [5.41, 5.74) is 0.261. The number of hydrogen-bond donors (Lipinski definition) is 1. The van der Waals surface area contributed by atoms with Crippen molar-refractivity contribution in [2.24, 2.45) is 7.05 Å². The van der Waals surface area contributed by atoms with Gasteiger partial charge in [-0.3, -0.25) is 10.1 Å². The van der Waals surface area contributed by atoms with E-state index in [2.05, 4.69) is 25.7 Å². The number of anilines is 1. The molecule has 7 nitrogen and oxygen atoms in total. The third kappa shape index (κ3) is 2.14. The molecule has 0 aliphatic heterocycles. The summed E-state index contributed by atoms with van der Waals surface area (Å²) in [5, 5.41) is 13.6. The van der Waals surface area contributed by atoms with Crippen molar-refractivity contribution in [2.45, 2.75) is 0 Å². The van der Waals surface area contributed by atoms with E-state index in [0.29, 0.717) is 0 Å². The van der Waals surface area contributed by atoms with Crippen molar-refractivity contribution in [3.8, 4) is 0 Å². The van der Waals surface area contributed by atoms with E-state index < -0.39 is 5.91 Å². The molecule has 0 radical (unpaired) electrons. The van der Waals surface area contributed by atoms with Gasteiger partial charge in [-0.05, 0) is 17.3 Å². The van der Waals surface area contributed by atoms with E-state index in [4.69, 9.17) is 11.6 Å². The van der Waals surface area contributed by atoms with Gasteiger partial charge < -0.3 is 0 Å². The molecule has 0 atom stereocenters. The number of rotatable bonds is 2. The molecule has 0 aliphatic carbocycles. The summed E-state index contributed by atoms with van der Waals surface area (Å²) in [7, 11) is 1.60. The number of carbonyl (C=O) groups is 1. The number of aryl methyl sites for hydroxylation is 1. The van der Waals surface area contributed by atoms with Crippen molar-refractivity contribution in [1.29, 1.82) is 0 Å². The van der Waals surface area contributed by atoms with Crippen LogP contribution in [0.25, 0.3) is 0 Å². The molecular weight excluding hydrogens is 232 g/mol. The Morgan fingerprint density at radius 1 is 1.56 bits per heavy atom. The van der Waals surface area contributed by atoms with Gasteiger partial charge >= 0.3 is 0 Å². The lowest BCUT2D eigenvalue weighted by Crippen LogP contribution is -2.14. The summed E-state index contributed by atoms with van der Waals surface area (Å²) in [4.78, 5) is 16.7. The standard InChI is InChI=1S/C8H7ClN6O/c1-15-13-8(12-14-15)11-7(16)5-3-2-4-10-6(5)9/h2-4H,1H3,(H,11,13,16). The summed E-state index contributed by atoms with van der Waals surface area (Å²) in [6.45, 7) is 0. The average molecular weight is 239 g/mol. The molecule has 0 aliphatic rings. The van der Waals surface area contributed by atoms with Crippen LogP contribution in [0.3, 0.4) is 0 Å². The molecule has 82 valence electrons. The molecule has 2 aromatic heterocycles. The molecule has 0 saturated carbocycles. The van der Waals surface area contributed by atoms with Gasteiger partial charge in [-0.1, -0.05) is 16.7 Å². The summed E-state index contributed by atoms with van der Waals surface area (Å²) in [6.07, 6.45) is 1.50. The average Bonchev–Trinajstić information content (AvgIpc) is 2.64. The third-order valence-corrected chi connectivity index (χ3v) is 2.04. The van der Waals surface area contributed by atoms with Crippen LogP contribution < -0.4 is 5.32 Å². The van der Waals surface area contributed by atoms with Crippen molar-refractivity contribution < 1.29 is 4.79 Å². The van der Waals surface area contributed by atoms with E-state index in [1.54, 1.807) is 19.2 Å². The molecule has 1 amide bonds. The fourth-order valence-electron chi connectivity index (χ4n) is 1.06. The molecule has 0 spiro atoms. The molecule has 2 heterocycles. The number of pyridine rings is 1. The minimum atomic E-state index is -0.425. The number of nitrogens with one attached hydrogen (secondary N) is 1. The highest BCUT2D eigenvalue weighted by Gasteiger charge is 2.12. The lowest BCUT2D eigenvalue weighted by molar-refractivity contribution is 0.102. The fourth-order valence-corrected chi connectivity index (χ4v) is 1.26. The van der Waals surface area contributed by atoms with Gasteiger partial charge in [0.2, 0.25) is 0 Å². The first-order valence-electron chi connectivity index (χ1n) is 4.32. The number of nitrogens with zero attached hydrogens (tertiary/aromatic N) is 5. The quantitative estimate of drug-likeness (QED) is 0.771. The molecule has 2 rings (SSSR count). The second kappa shape index (κ2) is 4.23. The monoisotopic (exact) mass is 238 g/mol. The Kier molecular flexibility index (Phi) is 2.78. The number of halogens is 1. The van der Waals surface area contributed by atoms with Crippen LogP contribution in [0, 0.1) is 0 Å². The van der Waals surface area contributed by atoms with Gasteiger partial charge in [0.05, 0.1) is 12.6 Å². The zero-order chi connectivity index (χ0) is 11.5. The SMILES string of the molecule is Cn1nnc(NC(=O)c2cccnc2Cl)n1. The number of hydrogen-bond acceptors (Lipinski definition) is 5. The number of carbonyl (C=O) groups excluding carboxylic acids is 1. The lowest BCUT2D eigenvalue weighted by atomic mass is 10.3.